The molecule has 0 aromatic carbocycles. The summed E-state index contributed by atoms with van der Waals surface area (Å²) in [7, 11) is 0. The molecule has 0 fully saturated rings. The van der Waals surface area contributed by atoms with Gasteiger partial charge in [-0.2, -0.15) is 0 Å². The summed E-state index contributed by atoms with van der Waals surface area (Å²) in [5, 5.41) is 0. The van der Waals surface area contributed by atoms with Crippen molar-refractivity contribution in [2.75, 3.05) is 0 Å². The van der Waals surface area contributed by atoms with Crippen molar-refractivity contribution in [3.05, 3.63) is 16.6 Å². The van der Waals surface area contributed by atoms with E-state index in [1.807, 2.05) is 6.20 Å². The monoisotopic (exact) mass is 245 g/mol. The third kappa shape index (κ3) is 2.81. The van der Waals surface area contributed by atoms with E-state index in [1.54, 1.807) is 0 Å². The van der Waals surface area contributed by atoms with Crippen LogP contribution in [0.25, 0.3) is 0 Å². The summed E-state index contributed by atoms with van der Waals surface area (Å²) in [4.78, 5) is 4.37. The summed E-state index contributed by atoms with van der Waals surface area (Å²) in [6, 6.07) is 0.222. The average molecular weight is 246 g/mol. The number of hydrogen-bond acceptors (Lipinski definition) is 2. The minimum Gasteiger partial charge on any atom is -0.334 e. The van der Waals surface area contributed by atoms with Crippen LogP contribution in [0.2, 0.25) is 0 Å². The minimum absolute atomic E-state index is 0.222. The Morgan fingerprint density at radius 2 is 2.31 bits per heavy atom. The second-order valence-corrected chi connectivity index (χ2v) is 3.95. The van der Waals surface area contributed by atoms with E-state index in [0.29, 0.717) is 0 Å². The van der Waals surface area contributed by atoms with E-state index in [-0.39, 0.29) is 6.04 Å². The smallest absolute Gasteiger partial charge is 0.124 e. The maximum atomic E-state index is 5.87. The minimum atomic E-state index is 0.222. The van der Waals surface area contributed by atoms with Crippen molar-refractivity contribution in [2.45, 2.75) is 39.3 Å². The highest BCUT2D eigenvalue weighted by Crippen LogP contribution is 2.11. The Balaban J connectivity index is 2.74. The van der Waals surface area contributed by atoms with Crippen LogP contribution in [0.15, 0.2) is 10.8 Å². The first-order valence-electron chi connectivity index (χ1n) is 4.64. The van der Waals surface area contributed by atoms with Crippen molar-refractivity contribution in [2.24, 2.45) is 5.73 Å². The van der Waals surface area contributed by atoms with Crippen molar-refractivity contribution < 1.29 is 0 Å². The predicted molar refractivity (Wildman–Crippen MR) is 57.6 cm³/mol. The highest BCUT2D eigenvalue weighted by molar-refractivity contribution is 9.10. The highest BCUT2D eigenvalue weighted by Gasteiger charge is 2.08. The molecule has 13 heavy (non-hydrogen) atoms. The third-order valence-corrected chi connectivity index (χ3v) is 2.52. The van der Waals surface area contributed by atoms with Crippen molar-refractivity contribution in [3.63, 3.8) is 0 Å². The summed E-state index contributed by atoms with van der Waals surface area (Å²) >= 11 is 3.36. The van der Waals surface area contributed by atoms with Crippen LogP contribution >= 0.6 is 15.9 Å². The molecule has 0 aliphatic heterocycles. The number of hydrogen-bond donors (Lipinski definition) is 1. The average Bonchev–Trinajstić information content (AvgIpc) is 2.46. The summed E-state index contributed by atoms with van der Waals surface area (Å²) in [6.45, 7) is 5.15. The molecular weight excluding hydrogens is 230 g/mol. The Kier molecular flexibility index (Phi) is 3.93. The quantitative estimate of drug-likeness (QED) is 0.882. The molecule has 0 aliphatic rings. The molecule has 0 aliphatic carbocycles. The maximum absolute atomic E-state index is 5.87. The fourth-order valence-corrected chi connectivity index (χ4v) is 1.69. The van der Waals surface area contributed by atoms with Gasteiger partial charge in [0.2, 0.25) is 0 Å². The highest BCUT2D eigenvalue weighted by atomic mass is 79.9. The van der Waals surface area contributed by atoms with E-state index in [2.05, 4.69) is 39.3 Å². The molecular formula is C9H16BrN3. The molecule has 2 N–H and O–H groups in total. The van der Waals surface area contributed by atoms with E-state index < -0.39 is 0 Å². The molecule has 1 aromatic heterocycles. The molecule has 1 unspecified atom stereocenters. The van der Waals surface area contributed by atoms with Crippen LogP contribution in [0.5, 0.6) is 0 Å². The van der Waals surface area contributed by atoms with Crippen molar-refractivity contribution in [1.29, 1.82) is 0 Å². The second-order valence-electron chi connectivity index (χ2n) is 3.14. The zero-order valence-electron chi connectivity index (χ0n) is 8.13. The molecule has 1 heterocycles. The molecule has 1 aromatic rings. The Morgan fingerprint density at radius 3 is 2.85 bits per heavy atom. The third-order valence-electron chi connectivity index (χ3n) is 2.14. The van der Waals surface area contributed by atoms with Gasteiger partial charge in [-0.25, -0.2) is 4.98 Å². The van der Waals surface area contributed by atoms with Gasteiger partial charge in [-0.15, -0.1) is 0 Å². The van der Waals surface area contributed by atoms with E-state index >= 15 is 0 Å². The van der Waals surface area contributed by atoms with Gasteiger partial charge in [-0.3, -0.25) is 0 Å². The van der Waals surface area contributed by atoms with Crippen LogP contribution in [0.3, 0.4) is 0 Å². The molecule has 0 amide bonds. The number of aryl methyl sites for hydroxylation is 1. The number of nitrogens with zero attached hydrogens (tertiary/aromatic N) is 2. The fourth-order valence-electron chi connectivity index (χ4n) is 1.24. The molecule has 1 rings (SSSR count). The Morgan fingerprint density at radius 1 is 1.62 bits per heavy atom. The maximum Gasteiger partial charge on any atom is 0.124 e. The molecule has 0 bridgehead atoms. The number of nitrogens with two attached hydrogens (primary N) is 1. The zero-order chi connectivity index (χ0) is 9.84. The fraction of sp³-hybridized carbons (Fsp3) is 0.667. The number of aromatic nitrogens is 2. The molecule has 0 radical (unpaired) electrons. The summed E-state index contributed by atoms with van der Waals surface area (Å²) in [5.74, 6) is 1.07. The second kappa shape index (κ2) is 4.77. The first-order valence-corrected chi connectivity index (χ1v) is 5.43. The van der Waals surface area contributed by atoms with Gasteiger partial charge >= 0.3 is 0 Å². The predicted octanol–water partition coefficient (Wildman–Crippen LogP) is 1.95. The van der Waals surface area contributed by atoms with Crippen LogP contribution in [0, 0.1) is 0 Å². The lowest BCUT2D eigenvalue weighted by Crippen LogP contribution is -2.23. The number of rotatable bonds is 4. The van der Waals surface area contributed by atoms with Crippen LogP contribution in [0.1, 0.15) is 26.1 Å². The topological polar surface area (TPSA) is 43.8 Å². The molecule has 0 saturated carbocycles. The van der Waals surface area contributed by atoms with E-state index in [4.69, 9.17) is 5.73 Å². The Labute approximate surface area is 87.5 Å². The summed E-state index contributed by atoms with van der Waals surface area (Å²) in [6.07, 6.45) is 3.85. The van der Waals surface area contributed by atoms with Gasteiger partial charge in [0.15, 0.2) is 0 Å². The lowest BCUT2D eigenvalue weighted by Gasteiger charge is -2.09. The van der Waals surface area contributed by atoms with Crippen LogP contribution in [0.4, 0.5) is 0 Å². The SMILES string of the molecule is CCC(N)Cc1nc(Br)cn1CC. The molecule has 0 saturated heterocycles. The largest absolute Gasteiger partial charge is 0.334 e. The molecule has 74 valence electrons. The van der Waals surface area contributed by atoms with Gasteiger partial charge in [-0.05, 0) is 29.3 Å². The first kappa shape index (κ1) is 10.7. The summed E-state index contributed by atoms with van der Waals surface area (Å²) in [5.41, 5.74) is 5.87. The van der Waals surface area contributed by atoms with Crippen LogP contribution in [-0.2, 0) is 13.0 Å². The van der Waals surface area contributed by atoms with E-state index in [1.165, 1.54) is 0 Å². The van der Waals surface area contributed by atoms with Gasteiger partial charge in [0.25, 0.3) is 0 Å². The Bertz CT molecular complexity index is 270. The molecule has 0 spiro atoms. The lowest BCUT2D eigenvalue weighted by atomic mass is 10.1. The van der Waals surface area contributed by atoms with Gasteiger partial charge in [0.1, 0.15) is 10.4 Å². The summed E-state index contributed by atoms with van der Waals surface area (Å²) < 4.78 is 3.02. The Hall–Kier alpha value is -0.350. The molecule has 1 atom stereocenters. The standard InChI is InChI=1S/C9H16BrN3/c1-3-7(11)5-9-12-8(10)6-13(9)4-2/h6-7H,3-5,11H2,1-2H3. The van der Waals surface area contributed by atoms with Crippen LogP contribution < -0.4 is 5.73 Å². The van der Waals surface area contributed by atoms with Gasteiger partial charge < -0.3 is 10.3 Å². The van der Waals surface area contributed by atoms with Gasteiger partial charge in [-0.1, -0.05) is 6.92 Å². The number of halogens is 1. The van der Waals surface area contributed by atoms with E-state index in [0.717, 1.165) is 29.8 Å². The molecule has 3 nitrogen and oxygen atoms in total. The van der Waals surface area contributed by atoms with Crippen molar-refractivity contribution >= 4 is 15.9 Å². The first-order chi connectivity index (χ1) is 6.17. The van der Waals surface area contributed by atoms with Crippen molar-refractivity contribution in [1.82, 2.24) is 9.55 Å². The van der Waals surface area contributed by atoms with Gasteiger partial charge in [0, 0.05) is 25.2 Å². The van der Waals surface area contributed by atoms with Crippen molar-refractivity contribution in [3.8, 4) is 0 Å². The zero-order valence-corrected chi connectivity index (χ0v) is 9.71. The van der Waals surface area contributed by atoms with E-state index in [9.17, 15) is 0 Å². The normalized spacial score (nSPS) is 13.2. The van der Waals surface area contributed by atoms with Crippen LogP contribution in [-0.4, -0.2) is 15.6 Å². The molecule has 4 heteroatoms. The van der Waals surface area contributed by atoms with Gasteiger partial charge in [0.05, 0.1) is 0 Å². The lowest BCUT2D eigenvalue weighted by molar-refractivity contribution is 0.591. The number of imidazole rings is 1.